The monoisotopic (exact) mass is 534 g/mol. The first-order valence-electron chi connectivity index (χ1n) is 13.2. The van der Waals surface area contributed by atoms with E-state index in [2.05, 4.69) is 0 Å². The highest BCUT2D eigenvalue weighted by Crippen LogP contribution is 2.36. The molecule has 202 valence electrons. The van der Waals surface area contributed by atoms with Crippen LogP contribution in [0.1, 0.15) is 46.1 Å². The number of hydrogen-bond donors (Lipinski definition) is 0. The van der Waals surface area contributed by atoms with E-state index in [1.165, 1.54) is 4.90 Å². The molecule has 40 heavy (non-hydrogen) atoms. The topological polar surface area (TPSA) is 76.2 Å². The third kappa shape index (κ3) is 5.95. The summed E-state index contributed by atoms with van der Waals surface area (Å²) >= 11 is 0. The van der Waals surface area contributed by atoms with Crippen LogP contribution in [0, 0.1) is 5.92 Å². The van der Waals surface area contributed by atoms with Crippen LogP contribution in [0.4, 0.5) is 4.79 Å². The zero-order valence-electron chi connectivity index (χ0n) is 22.1. The third-order valence-electron chi connectivity index (χ3n) is 7.00. The van der Waals surface area contributed by atoms with Crippen LogP contribution in [-0.2, 0) is 20.9 Å². The number of rotatable bonds is 9. The van der Waals surface area contributed by atoms with E-state index in [4.69, 9.17) is 9.57 Å². The first kappa shape index (κ1) is 26.8. The van der Waals surface area contributed by atoms with Gasteiger partial charge in [-0.15, -0.1) is 5.06 Å². The molecule has 0 aromatic heterocycles. The van der Waals surface area contributed by atoms with Gasteiger partial charge < -0.3 is 9.57 Å². The van der Waals surface area contributed by atoms with Crippen LogP contribution in [0.15, 0.2) is 121 Å². The normalized spacial score (nSPS) is 16.3. The molecule has 0 bridgehead atoms. The Labute approximate surface area is 233 Å². The summed E-state index contributed by atoms with van der Waals surface area (Å²) in [5, 5.41) is 1.54. The largest absolute Gasteiger partial charge is 0.446 e. The van der Waals surface area contributed by atoms with Crippen molar-refractivity contribution in [2.75, 3.05) is 6.61 Å². The SMILES string of the molecule is C[C@H](C(=O)N1C(=O)OC[C@H]1c1ccccc1)[C@H](c1ccccc1)N(Cc1ccccc1)OC(=O)c1ccccc1. The minimum absolute atomic E-state index is 0.0774. The standard InChI is InChI=1S/C33H30N2O5/c1-24(31(36)35-29(23-39-33(35)38)26-16-8-3-9-17-26)30(27-18-10-4-11-19-27)34(22-25-14-6-2-7-15-25)40-32(37)28-20-12-5-13-21-28/h2-21,24,29-30H,22-23H2,1H3/t24-,29-,30+/m0/s1. The molecule has 5 rings (SSSR count). The van der Waals surface area contributed by atoms with Crippen molar-refractivity contribution < 1.29 is 24.0 Å². The van der Waals surface area contributed by atoms with Gasteiger partial charge in [0.25, 0.3) is 0 Å². The summed E-state index contributed by atoms with van der Waals surface area (Å²) in [5.41, 5.74) is 2.86. The van der Waals surface area contributed by atoms with Crippen molar-refractivity contribution in [3.63, 3.8) is 0 Å². The number of nitrogens with zero attached hydrogens (tertiary/aromatic N) is 2. The Morgan fingerprint density at radius 1 is 0.850 bits per heavy atom. The Hall–Kier alpha value is -4.75. The van der Waals surface area contributed by atoms with Gasteiger partial charge in [0.15, 0.2) is 0 Å². The van der Waals surface area contributed by atoms with E-state index in [0.29, 0.717) is 5.56 Å². The van der Waals surface area contributed by atoms with Gasteiger partial charge in [-0.25, -0.2) is 14.5 Å². The Morgan fingerprint density at radius 2 is 1.40 bits per heavy atom. The van der Waals surface area contributed by atoms with E-state index in [0.717, 1.165) is 16.7 Å². The summed E-state index contributed by atoms with van der Waals surface area (Å²) in [6.45, 7) is 2.05. The molecule has 0 spiro atoms. The molecule has 2 amide bonds. The smallest absolute Gasteiger partial charge is 0.417 e. The van der Waals surface area contributed by atoms with Crippen LogP contribution in [0.25, 0.3) is 0 Å². The average Bonchev–Trinajstić information content (AvgIpc) is 3.39. The minimum atomic E-state index is -0.786. The lowest BCUT2D eigenvalue weighted by Crippen LogP contribution is -2.44. The predicted octanol–water partition coefficient (Wildman–Crippen LogP) is 6.36. The fourth-order valence-electron chi connectivity index (χ4n) is 4.98. The van der Waals surface area contributed by atoms with Gasteiger partial charge in [-0.2, -0.15) is 0 Å². The quantitative estimate of drug-likeness (QED) is 0.233. The molecular weight excluding hydrogens is 504 g/mol. The summed E-state index contributed by atoms with van der Waals surface area (Å²) in [7, 11) is 0. The molecular formula is C33H30N2O5. The first-order chi connectivity index (χ1) is 19.5. The lowest BCUT2D eigenvalue weighted by atomic mass is 9.91. The van der Waals surface area contributed by atoms with Gasteiger partial charge in [0, 0.05) is 0 Å². The van der Waals surface area contributed by atoms with Crippen LogP contribution in [0.2, 0.25) is 0 Å². The number of ether oxygens (including phenoxy) is 1. The number of cyclic esters (lactones) is 1. The van der Waals surface area contributed by atoms with Crippen molar-refractivity contribution in [2.24, 2.45) is 5.92 Å². The minimum Gasteiger partial charge on any atom is -0.446 e. The number of hydroxylamine groups is 2. The molecule has 3 atom stereocenters. The van der Waals surface area contributed by atoms with Crippen molar-refractivity contribution in [1.82, 2.24) is 9.96 Å². The van der Waals surface area contributed by atoms with Crippen molar-refractivity contribution in [2.45, 2.75) is 25.6 Å². The lowest BCUT2D eigenvalue weighted by Gasteiger charge is -2.35. The second-order valence-electron chi connectivity index (χ2n) is 9.66. The number of carbonyl (C=O) groups is 3. The molecule has 0 saturated carbocycles. The van der Waals surface area contributed by atoms with E-state index in [-0.39, 0.29) is 13.2 Å². The van der Waals surface area contributed by atoms with Gasteiger partial charge >= 0.3 is 12.1 Å². The highest BCUT2D eigenvalue weighted by atomic mass is 16.7. The molecule has 0 radical (unpaired) electrons. The maximum atomic E-state index is 14.1. The molecule has 7 heteroatoms. The predicted molar refractivity (Wildman–Crippen MR) is 150 cm³/mol. The summed E-state index contributed by atoms with van der Waals surface area (Å²) < 4.78 is 5.33. The average molecular weight is 535 g/mol. The van der Waals surface area contributed by atoms with Crippen molar-refractivity contribution >= 4 is 18.0 Å². The summed E-state index contributed by atoms with van der Waals surface area (Å²) in [6.07, 6.45) is -0.687. The second-order valence-corrected chi connectivity index (χ2v) is 9.66. The van der Waals surface area contributed by atoms with Crippen LogP contribution in [0.5, 0.6) is 0 Å². The van der Waals surface area contributed by atoms with Gasteiger partial charge in [-0.1, -0.05) is 116 Å². The highest BCUT2D eigenvalue weighted by molar-refractivity contribution is 5.95. The number of imide groups is 1. The number of carbonyl (C=O) groups excluding carboxylic acids is 3. The summed E-state index contributed by atoms with van der Waals surface area (Å²) in [6, 6.07) is 35.8. The van der Waals surface area contributed by atoms with Gasteiger partial charge in [-0.3, -0.25) is 4.79 Å². The zero-order chi connectivity index (χ0) is 27.9. The Morgan fingerprint density at radius 3 is 2.02 bits per heavy atom. The molecule has 1 fully saturated rings. The molecule has 0 unspecified atom stereocenters. The van der Waals surface area contributed by atoms with Crippen LogP contribution in [0.3, 0.4) is 0 Å². The fourth-order valence-corrected chi connectivity index (χ4v) is 4.98. The first-order valence-corrected chi connectivity index (χ1v) is 13.2. The molecule has 0 N–H and O–H groups in total. The molecule has 1 heterocycles. The van der Waals surface area contributed by atoms with E-state index in [1.54, 1.807) is 36.3 Å². The van der Waals surface area contributed by atoms with Crippen molar-refractivity contribution in [1.29, 1.82) is 0 Å². The van der Waals surface area contributed by atoms with Gasteiger partial charge in [0.1, 0.15) is 12.6 Å². The van der Waals surface area contributed by atoms with Crippen LogP contribution < -0.4 is 0 Å². The molecule has 7 nitrogen and oxygen atoms in total. The van der Waals surface area contributed by atoms with Crippen molar-refractivity contribution in [3.05, 3.63) is 144 Å². The van der Waals surface area contributed by atoms with E-state index < -0.39 is 36.0 Å². The number of benzene rings is 4. The Bertz CT molecular complexity index is 1430. The fraction of sp³-hybridized carbons (Fsp3) is 0.182. The summed E-state index contributed by atoms with van der Waals surface area (Å²) in [5.74, 6) is -1.74. The van der Waals surface area contributed by atoms with Gasteiger partial charge in [0.05, 0.1) is 24.1 Å². The maximum Gasteiger partial charge on any atom is 0.417 e. The van der Waals surface area contributed by atoms with Crippen LogP contribution >= 0.6 is 0 Å². The van der Waals surface area contributed by atoms with Gasteiger partial charge in [0.2, 0.25) is 5.91 Å². The molecule has 0 aliphatic carbocycles. The number of amides is 2. The molecule has 1 aliphatic heterocycles. The Kier molecular flexibility index (Phi) is 8.32. The van der Waals surface area contributed by atoms with E-state index in [1.807, 2.05) is 97.1 Å². The molecule has 1 aliphatic rings. The second kappa shape index (κ2) is 12.4. The van der Waals surface area contributed by atoms with Gasteiger partial charge in [-0.05, 0) is 28.8 Å². The third-order valence-corrected chi connectivity index (χ3v) is 7.00. The van der Waals surface area contributed by atoms with E-state index in [9.17, 15) is 14.4 Å². The molecule has 4 aromatic rings. The molecule has 4 aromatic carbocycles. The summed E-state index contributed by atoms with van der Waals surface area (Å²) in [4.78, 5) is 47.5. The van der Waals surface area contributed by atoms with E-state index >= 15 is 0 Å². The Balaban J connectivity index is 1.52. The number of hydrogen-bond acceptors (Lipinski definition) is 6. The molecule has 1 saturated heterocycles. The lowest BCUT2D eigenvalue weighted by molar-refractivity contribution is -0.168. The van der Waals surface area contributed by atoms with Crippen LogP contribution in [-0.4, -0.2) is 34.5 Å². The van der Waals surface area contributed by atoms with Crippen molar-refractivity contribution in [3.8, 4) is 0 Å². The highest BCUT2D eigenvalue weighted by Gasteiger charge is 2.44. The maximum absolute atomic E-state index is 14.1. The zero-order valence-corrected chi connectivity index (χ0v) is 22.1.